The third kappa shape index (κ3) is 6.17. The molecule has 2 N–H and O–H groups in total. The summed E-state index contributed by atoms with van der Waals surface area (Å²) in [6.07, 6.45) is 8.62. The van der Waals surface area contributed by atoms with Gasteiger partial charge in [0.05, 0.1) is 0 Å². The van der Waals surface area contributed by atoms with E-state index in [1.807, 2.05) is 38.5 Å². The molecule has 0 unspecified atom stereocenters. The van der Waals surface area contributed by atoms with Crippen molar-refractivity contribution in [3.05, 3.63) is 70.0 Å². The molecule has 6 rings (SSSR count). The molecule has 4 aromatic rings. The maximum absolute atomic E-state index is 12.8. The lowest BCUT2D eigenvalue weighted by Crippen LogP contribution is -2.45. The lowest BCUT2D eigenvalue weighted by molar-refractivity contribution is -0.120. The minimum absolute atomic E-state index is 0.0850. The Bertz CT molecular complexity index is 1700. The summed E-state index contributed by atoms with van der Waals surface area (Å²) in [4.78, 5) is 49.0. The highest BCUT2D eigenvalue weighted by atomic mass is 16.1. The third-order valence-electron chi connectivity index (χ3n) is 9.15. The molecule has 10 heteroatoms. The van der Waals surface area contributed by atoms with Crippen molar-refractivity contribution in [2.75, 3.05) is 54.9 Å². The van der Waals surface area contributed by atoms with Gasteiger partial charge >= 0.3 is 0 Å². The maximum Gasteiger partial charge on any atom is 0.253 e. The normalized spacial score (nSPS) is 16.5. The summed E-state index contributed by atoms with van der Waals surface area (Å²) in [6, 6.07) is 8.71. The van der Waals surface area contributed by atoms with Crippen LogP contribution in [0.5, 0.6) is 0 Å². The number of Topliss-reactive ketones (excluding diaryl/α,β-unsaturated/α-hetero) is 1. The molecule has 1 saturated heterocycles. The Labute approximate surface area is 258 Å². The SMILES string of the molecule is CCN(c1cc(-c2cnc(N3CCN(C)CC3)nc2)cc2c(NCc3c(C)cc(C)[nH]c3=O)nccc12)C1CCC(=O)CC1. The highest BCUT2D eigenvalue weighted by molar-refractivity contribution is 6.03. The lowest BCUT2D eigenvalue weighted by Gasteiger charge is -2.36. The van der Waals surface area contributed by atoms with Gasteiger partial charge in [-0.2, -0.15) is 0 Å². The van der Waals surface area contributed by atoms with Crippen molar-refractivity contribution >= 4 is 34.0 Å². The van der Waals surface area contributed by atoms with Crippen molar-refractivity contribution < 1.29 is 4.79 Å². The van der Waals surface area contributed by atoms with Gasteiger partial charge < -0.3 is 25.0 Å². The van der Waals surface area contributed by atoms with Gasteiger partial charge in [-0.1, -0.05) is 0 Å². The number of aryl methyl sites for hydroxylation is 2. The van der Waals surface area contributed by atoms with E-state index >= 15 is 0 Å². The average Bonchev–Trinajstić information content (AvgIpc) is 3.02. The molecule has 4 heterocycles. The van der Waals surface area contributed by atoms with Crippen LogP contribution in [-0.2, 0) is 11.3 Å². The molecule has 0 spiro atoms. The zero-order chi connectivity index (χ0) is 30.8. The molecule has 2 aliphatic rings. The molecule has 1 aromatic carbocycles. The predicted molar refractivity (Wildman–Crippen MR) is 177 cm³/mol. The number of carbonyl (C=O) groups is 1. The first kappa shape index (κ1) is 29.7. The van der Waals surface area contributed by atoms with Gasteiger partial charge in [-0.25, -0.2) is 15.0 Å². The smallest absolute Gasteiger partial charge is 0.253 e. The fourth-order valence-electron chi connectivity index (χ4n) is 6.58. The number of fused-ring (bicyclic) bond motifs is 1. The van der Waals surface area contributed by atoms with Gasteiger partial charge in [0.1, 0.15) is 11.6 Å². The van der Waals surface area contributed by atoms with Crippen LogP contribution < -0.4 is 20.7 Å². The van der Waals surface area contributed by atoms with Gasteiger partial charge in [-0.3, -0.25) is 9.59 Å². The third-order valence-corrected chi connectivity index (χ3v) is 9.15. The summed E-state index contributed by atoms with van der Waals surface area (Å²) in [7, 11) is 2.14. The number of nitrogens with zero attached hydrogens (tertiary/aromatic N) is 6. The summed E-state index contributed by atoms with van der Waals surface area (Å²) < 4.78 is 0. The van der Waals surface area contributed by atoms with E-state index in [0.717, 1.165) is 96.2 Å². The minimum atomic E-state index is -0.0850. The number of hydrogen-bond acceptors (Lipinski definition) is 9. The summed E-state index contributed by atoms with van der Waals surface area (Å²) in [5.74, 6) is 1.83. The number of H-pyrrole nitrogens is 1. The number of aromatic nitrogens is 4. The lowest BCUT2D eigenvalue weighted by atomic mass is 9.91. The molecule has 1 aliphatic heterocycles. The van der Waals surface area contributed by atoms with E-state index in [0.29, 0.717) is 30.7 Å². The number of hydrogen-bond donors (Lipinski definition) is 2. The van der Waals surface area contributed by atoms with Crippen LogP contribution in [-0.4, -0.2) is 76.4 Å². The summed E-state index contributed by atoms with van der Waals surface area (Å²) in [5, 5.41) is 5.52. The van der Waals surface area contributed by atoms with E-state index in [9.17, 15) is 9.59 Å². The van der Waals surface area contributed by atoms with Crippen LogP contribution in [0.1, 0.15) is 49.4 Å². The van der Waals surface area contributed by atoms with Crippen molar-refractivity contribution in [3.63, 3.8) is 0 Å². The Morgan fingerprint density at radius 3 is 2.36 bits per heavy atom. The molecule has 0 radical (unpaired) electrons. The molecule has 2 fully saturated rings. The van der Waals surface area contributed by atoms with Gasteiger partial charge in [0, 0.05) is 110 Å². The molecule has 3 aromatic heterocycles. The standard InChI is InChI=1S/C34H42N8O2/c1-5-42(26-6-8-27(43)9-7-26)31-18-24(25-19-37-34(38-20-25)41-14-12-40(4)13-15-41)17-29-28(31)10-11-35-32(29)36-21-30-22(2)16-23(3)39-33(30)44/h10-11,16-20,26H,5-9,12-15,21H2,1-4H3,(H,35,36)(H,39,44). The molecule has 0 amide bonds. The van der Waals surface area contributed by atoms with Crippen molar-refractivity contribution in [2.45, 2.75) is 59.0 Å². The van der Waals surface area contributed by atoms with Crippen LogP contribution >= 0.6 is 0 Å². The molecule has 1 saturated carbocycles. The second-order valence-corrected chi connectivity index (χ2v) is 12.2. The molecule has 0 atom stereocenters. The van der Waals surface area contributed by atoms with Crippen molar-refractivity contribution in [1.82, 2.24) is 24.8 Å². The summed E-state index contributed by atoms with van der Waals surface area (Å²) >= 11 is 0. The first-order chi connectivity index (χ1) is 21.3. The van der Waals surface area contributed by atoms with E-state index in [1.54, 1.807) is 0 Å². The number of likely N-dealkylation sites (N-methyl/N-ethyl adjacent to an activating group) is 1. The average molecular weight is 595 g/mol. The van der Waals surface area contributed by atoms with E-state index in [1.165, 1.54) is 0 Å². The van der Waals surface area contributed by atoms with Crippen LogP contribution in [0.4, 0.5) is 17.5 Å². The molecule has 44 heavy (non-hydrogen) atoms. The van der Waals surface area contributed by atoms with Crippen LogP contribution in [0, 0.1) is 13.8 Å². The Morgan fingerprint density at radius 2 is 1.68 bits per heavy atom. The zero-order valence-electron chi connectivity index (χ0n) is 26.2. The molecular weight excluding hydrogens is 552 g/mol. The number of pyridine rings is 2. The number of rotatable bonds is 8. The fraction of sp³-hybridized carbons (Fsp3) is 0.441. The first-order valence-corrected chi connectivity index (χ1v) is 15.7. The Kier molecular flexibility index (Phi) is 8.61. The molecule has 230 valence electrons. The summed E-state index contributed by atoms with van der Waals surface area (Å²) in [6.45, 7) is 11.0. The number of anilines is 3. The van der Waals surface area contributed by atoms with E-state index in [2.05, 4.69) is 57.2 Å². The fourth-order valence-corrected chi connectivity index (χ4v) is 6.58. The van der Waals surface area contributed by atoms with Crippen molar-refractivity contribution in [1.29, 1.82) is 0 Å². The van der Waals surface area contributed by atoms with E-state index in [-0.39, 0.29) is 11.6 Å². The topological polar surface area (TPSA) is 110 Å². The largest absolute Gasteiger partial charge is 0.368 e. The van der Waals surface area contributed by atoms with Crippen LogP contribution in [0.3, 0.4) is 0 Å². The zero-order valence-corrected chi connectivity index (χ0v) is 26.2. The molecule has 0 bridgehead atoms. The quantitative estimate of drug-likeness (QED) is 0.300. The highest BCUT2D eigenvalue weighted by Gasteiger charge is 2.26. The van der Waals surface area contributed by atoms with Crippen LogP contribution in [0.2, 0.25) is 0 Å². The van der Waals surface area contributed by atoms with Gasteiger partial charge in [0.15, 0.2) is 0 Å². The van der Waals surface area contributed by atoms with Crippen molar-refractivity contribution in [3.8, 4) is 11.1 Å². The summed E-state index contributed by atoms with van der Waals surface area (Å²) in [5.41, 5.74) is 5.45. The first-order valence-electron chi connectivity index (χ1n) is 15.7. The maximum atomic E-state index is 12.8. The molecular formula is C34H42N8O2. The highest BCUT2D eigenvalue weighted by Crippen LogP contribution is 2.38. The molecule has 10 nitrogen and oxygen atoms in total. The van der Waals surface area contributed by atoms with Gasteiger partial charge in [-0.05, 0) is 76.1 Å². The minimum Gasteiger partial charge on any atom is -0.368 e. The Balaban J connectivity index is 1.40. The molecule has 1 aliphatic carbocycles. The monoisotopic (exact) mass is 594 g/mol. The second kappa shape index (κ2) is 12.7. The van der Waals surface area contributed by atoms with E-state index < -0.39 is 0 Å². The van der Waals surface area contributed by atoms with Crippen molar-refractivity contribution in [2.24, 2.45) is 0 Å². The number of piperazine rings is 1. The van der Waals surface area contributed by atoms with Gasteiger partial charge in [-0.15, -0.1) is 0 Å². The van der Waals surface area contributed by atoms with Crippen LogP contribution in [0.25, 0.3) is 21.9 Å². The number of carbonyl (C=O) groups excluding carboxylic acids is 1. The second-order valence-electron chi connectivity index (χ2n) is 12.2. The van der Waals surface area contributed by atoms with Crippen LogP contribution in [0.15, 0.2) is 47.7 Å². The Hall–Kier alpha value is -4.31. The Morgan fingerprint density at radius 1 is 0.955 bits per heavy atom. The number of ketones is 1. The number of aromatic amines is 1. The number of nitrogens with one attached hydrogen (secondary N) is 2. The number of benzene rings is 1. The van der Waals surface area contributed by atoms with E-state index in [4.69, 9.17) is 15.0 Å². The van der Waals surface area contributed by atoms with Gasteiger partial charge in [0.25, 0.3) is 5.56 Å². The van der Waals surface area contributed by atoms with Gasteiger partial charge in [0.2, 0.25) is 5.95 Å². The predicted octanol–water partition coefficient (Wildman–Crippen LogP) is 4.70.